The van der Waals surface area contributed by atoms with Crippen LogP contribution in [0.4, 0.5) is 10.9 Å². The van der Waals surface area contributed by atoms with Crippen LogP contribution in [0, 0.1) is 5.92 Å². The van der Waals surface area contributed by atoms with E-state index in [-0.39, 0.29) is 0 Å². The van der Waals surface area contributed by atoms with Gasteiger partial charge in [-0.05, 0) is 43.7 Å². The van der Waals surface area contributed by atoms with Gasteiger partial charge in [-0.25, -0.2) is 9.97 Å². The normalized spacial score (nSPS) is 20.5. The molecule has 0 saturated carbocycles. The Bertz CT molecular complexity index is 766. The first-order chi connectivity index (χ1) is 12.8. The van der Waals surface area contributed by atoms with Crippen molar-refractivity contribution < 1.29 is 4.79 Å². The Morgan fingerprint density at radius 1 is 1.27 bits per heavy atom. The van der Waals surface area contributed by atoms with Crippen LogP contribution < -0.4 is 5.32 Å². The smallest absolute Gasteiger partial charge is 0.223 e. The Hall–Kier alpha value is -2.21. The molecular formula is C20H24N4OS. The molecule has 136 valence electrons. The number of anilines is 2. The second-order valence-corrected chi connectivity index (χ2v) is 7.93. The highest BCUT2D eigenvalue weighted by molar-refractivity contribution is 7.13. The van der Waals surface area contributed by atoms with Crippen LogP contribution >= 0.6 is 11.3 Å². The summed E-state index contributed by atoms with van der Waals surface area (Å²) in [5.41, 5.74) is 1.11. The van der Waals surface area contributed by atoms with Crippen LogP contribution in [-0.4, -0.2) is 33.9 Å². The number of likely N-dealkylation sites (tertiary alicyclic amines) is 1. The maximum absolute atomic E-state index is 12.5. The molecule has 3 heterocycles. The lowest BCUT2D eigenvalue weighted by Gasteiger charge is -2.32. The number of piperidine rings is 1. The van der Waals surface area contributed by atoms with Crippen molar-refractivity contribution in [2.24, 2.45) is 5.92 Å². The van der Waals surface area contributed by atoms with Crippen molar-refractivity contribution >= 4 is 28.2 Å². The highest BCUT2D eigenvalue weighted by atomic mass is 32.1. The van der Waals surface area contributed by atoms with Gasteiger partial charge in [0.1, 0.15) is 5.82 Å². The van der Waals surface area contributed by atoms with Gasteiger partial charge in [0.05, 0.1) is 0 Å². The number of carbonyl (C=O) groups is 1. The monoisotopic (exact) mass is 368 g/mol. The van der Waals surface area contributed by atoms with E-state index in [0.29, 0.717) is 24.2 Å². The summed E-state index contributed by atoms with van der Waals surface area (Å²) in [6.07, 6.45) is 11.1. The fourth-order valence-electron chi connectivity index (χ4n) is 3.79. The molecule has 2 aliphatic rings. The van der Waals surface area contributed by atoms with E-state index in [4.69, 9.17) is 4.98 Å². The number of rotatable bonds is 5. The van der Waals surface area contributed by atoms with Crippen molar-refractivity contribution in [2.75, 3.05) is 18.4 Å². The fourth-order valence-corrected chi connectivity index (χ4v) is 4.32. The van der Waals surface area contributed by atoms with Crippen molar-refractivity contribution in [1.29, 1.82) is 0 Å². The van der Waals surface area contributed by atoms with E-state index in [9.17, 15) is 4.79 Å². The summed E-state index contributed by atoms with van der Waals surface area (Å²) in [6, 6.07) is 6.11. The van der Waals surface area contributed by atoms with E-state index in [2.05, 4.69) is 28.5 Å². The highest BCUT2D eigenvalue weighted by Gasteiger charge is 2.26. The molecule has 5 nitrogen and oxygen atoms in total. The first kappa shape index (κ1) is 17.2. The first-order valence-electron chi connectivity index (χ1n) is 9.36. The van der Waals surface area contributed by atoms with Gasteiger partial charge in [-0.1, -0.05) is 18.2 Å². The van der Waals surface area contributed by atoms with Crippen LogP contribution in [0.15, 0.2) is 41.9 Å². The van der Waals surface area contributed by atoms with Gasteiger partial charge in [0, 0.05) is 42.7 Å². The number of amides is 1. The van der Waals surface area contributed by atoms with Crippen LogP contribution in [0.1, 0.15) is 43.7 Å². The van der Waals surface area contributed by atoms with Crippen LogP contribution in [0.5, 0.6) is 0 Å². The average molecular weight is 369 g/mol. The molecule has 1 atom stereocenters. The summed E-state index contributed by atoms with van der Waals surface area (Å²) in [7, 11) is 0. The van der Waals surface area contributed by atoms with Crippen LogP contribution in [0.25, 0.3) is 0 Å². The Morgan fingerprint density at radius 3 is 2.88 bits per heavy atom. The van der Waals surface area contributed by atoms with Crippen molar-refractivity contribution in [2.45, 2.75) is 38.0 Å². The highest BCUT2D eigenvalue weighted by Crippen LogP contribution is 2.29. The average Bonchev–Trinajstić information content (AvgIpc) is 3.36. The Kier molecular flexibility index (Phi) is 5.29. The molecule has 26 heavy (non-hydrogen) atoms. The van der Waals surface area contributed by atoms with Gasteiger partial charge in [-0.2, -0.15) is 0 Å². The molecule has 1 aliphatic carbocycles. The number of hydrogen-bond acceptors (Lipinski definition) is 5. The van der Waals surface area contributed by atoms with Crippen LogP contribution in [0.2, 0.25) is 0 Å². The number of thiazole rings is 1. The largest absolute Gasteiger partial charge is 0.343 e. The number of aromatic nitrogens is 2. The van der Waals surface area contributed by atoms with Crippen molar-refractivity contribution in [3.8, 4) is 0 Å². The molecule has 6 heteroatoms. The quantitative estimate of drug-likeness (QED) is 0.798. The second-order valence-electron chi connectivity index (χ2n) is 7.03. The summed E-state index contributed by atoms with van der Waals surface area (Å²) in [5.74, 6) is 2.02. The third-order valence-corrected chi connectivity index (χ3v) is 5.94. The minimum absolute atomic E-state index is 0.312. The van der Waals surface area contributed by atoms with Gasteiger partial charge in [0.15, 0.2) is 5.13 Å². The van der Waals surface area contributed by atoms with E-state index in [1.165, 1.54) is 0 Å². The van der Waals surface area contributed by atoms with Gasteiger partial charge in [-0.15, -0.1) is 11.3 Å². The van der Waals surface area contributed by atoms with Crippen molar-refractivity contribution in [1.82, 2.24) is 14.9 Å². The first-order valence-corrected chi connectivity index (χ1v) is 10.2. The third kappa shape index (κ3) is 4.12. The predicted molar refractivity (Wildman–Crippen MR) is 105 cm³/mol. The number of carbonyl (C=O) groups excluding carboxylic acids is 1. The molecule has 1 amide bonds. The molecular weight excluding hydrogens is 344 g/mol. The summed E-state index contributed by atoms with van der Waals surface area (Å²) >= 11 is 1.56. The number of nitrogens with one attached hydrogen (secondary N) is 1. The van der Waals surface area contributed by atoms with E-state index in [1.54, 1.807) is 17.5 Å². The van der Waals surface area contributed by atoms with Gasteiger partial charge in [-0.3, -0.25) is 4.79 Å². The number of nitrogens with zero attached hydrogens (tertiary/aromatic N) is 3. The van der Waals surface area contributed by atoms with Gasteiger partial charge in [0.2, 0.25) is 5.91 Å². The molecule has 4 rings (SSSR count). The zero-order chi connectivity index (χ0) is 17.8. The maximum atomic E-state index is 12.5. The summed E-state index contributed by atoms with van der Waals surface area (Å²) in [5, 5.41) is 6.06. The third-order valence-electron chi connectivity index (χ3n) is 5.25. The molecule has 0 bridgehead atoms. The Balaban J connectivity index is 1.32. The minimum atomic E-state index is 0.312. The molecule has 0 unspecified atom stereocenters. The SMILES string of the molecule is O=C(C[C@H]1C=CCC1)N1CCC(c2cccc(Nc3nccs3)n2)CC1. The van der Waals surface area contributed by atoms with Gasteiger partial charge >= 0.3 is 0 Å². The topological polar surface area (TPSA) is 58.1 Å². The Labute approximate surface area is 158 Å². The van der Waals surface area contributed by atoms with E-state index < -0.39 is 0 Å². The van der Waals surface area contributed by atoms with Crippen LogP contribution in [0.3, 0.4) is 0 Å². The standard InChI is InChI=1S/C20H24N4OS/c25-19(14-15-4-1-2-5-15)24-11-8-16(9-12-24)17-6-3-7-18(22-17)23-20-21-10-13-26-20/h1,3-4,6-7,10,13,15-16H,2,5,8-9,11-12,14H2,(H,21,22,23)/t15-/m0/s1. The second kappa shape index (κ2) is 7.99. The minimum Gasteiger partial charge on any atom is -0.343 e. The number of hydrogen-bond donors (Lipinski definition) is 1. The lowest BCUT2D eigenvalue weighted by atomic mass is 9.92. The summed E-state index contributed by atoms with van der Waals surface area (Å²) in [6.45, 7) is 1.68. The van der Waals surface area contributed by atoms with E-state index >= 15 is 0 Å². The molecule has 1 fully saturated rings. The molecule has 2 aromatic heterocycles. The molecule has 0 spiro atoms. The zero-order valence-electron chi connectivity index (χ0n) is 14.8. The molecule has 0 aromatic carbocycles. The number of pyridine rings is 1. The van der Waals surface area contributed by atoms with Gasteiger partial charge < -0.3 is 10.2 Å². The molecule has 1 saturated heterocycles. The zero-order valence-corrected chi connectivity index (χ0v) is 15.6. The van der Waals surface area contributed by atoms with E-state index in [1.807, 2.05) is 22.4 Å². The lowest BCUT2D eigenvalue weighted by Crippen LogP contribution is -2.38. The lowest BCUT2D eigenvalue weighted by molar-refractivity contribution is -0.132. The maximum Gasteiger partial charge on any atom is 0.223 e. The molecule has 0 radical (unpaired) electrons. The summed E-state index contributed by atoms with van der Waals surface area (Å²) < 4.78 is 0. The molecule has 1 aliphatic heterocycles. The number of allylic oxidation sites excluding steroid dienone is 2. The molecule has 2 aromatic rings. The predicted octanol–water partition coefficient (Wildman–Crippen LogP) is 4.34. The fraction of sp³-hybridized carbons (Fsp3) is 0.450. The van der Waals surface area contributed by atoms with Crippen molar-refractivity contribution in [3.63, 3.8) is 0 Å². The van der Waals surface area contributed by atoms with E-state index in [0.717, 1.165) is 55.4 Å². The molecule has 1 N–H and O–H groups in total. The Morgan fingerprint density at radius 2 is 2.15 bits per heavy atom. The van der Waals surface area contributed by atoms with Crippen LogP contribution in [-0.2, 0) is 4.79 Å². The van der Waals surface area contributed by atoms with Crippen molar-refractivity contribution in [3.05, 3.63) is 47.6 Å². The summed E-state index contributed by atoms with van der Waals surface area (Å²) in [4.78, 5) is 23.5. The van der Waals surface area contributed by atoms with Gasteiger partial charge in [0.25, 0.3) is 0 Å².